The van der Waals surface area contributed by atoms with Crippen molar-refractivity contribution in [2.45, 2.75) is 25.6 Å². The standard InChI is InChI=1S/C11H17F3N4O/c1-10(2,19)6-18(3)9-5-7(11(12,13)14)4-8(16-9)17-15/h4-5,19H,6,15H2,1-3H3,(H,16,17). The van der Waals surface area contributed by atoms with E-state index in [9.17, 15) is 18.3 Å². The Bertz CT molecular complexity index is 443. The fourth-order valence-corrected chi connectivity index (χ4v) is 1.61. The van der Waals surface area contributed by atoms with Crippen LogP contribution in [0.5, 0.6) is 0 Å². The number of nitrogen functional groups attached to an aromatic ring is 1. The van der Waals surface area contributed by atoms with E-state index < -0.39 is 17.3 Å². The molecule has 0 atom stereocenters. The van der Waals surface area contributed by atoms with Crippen molar-refractivity contribution < 1.29 is 18.3 Å². The Morgan fingerprint density at radius 3 is 2.37 bits per heavy atom. The van der Waals surface area contributed by atoms with Crippen molar-refractivity contribution in [2.75, 3.05) is 23.9 Å². The lowest BCUT2D eigenvalue weighted by Gasteiger charge is -2.27. The van der Waals surface area contributed by atoms with Gasteiger partial charge in [0.15, 0.2) is 0 Å². The van der Waals surface area contributed by atoms with Gasteiger partial charge in [0, 0.05) is 13.6 Å². The first kappa shape index (κ1) is 15.5. The van der Waals surface area contributed by atoms with E-state index in [2.05, 4.69) is 10.4 Å². The number of likely N-dealkylation sites (N-methyl/N-ethyl adjacent to an activating group) is 1. The van der Waals surface area contributed by atoms with Gasteiger partial charge < -0.3 is 15.4 Å². The van der Waals surface area contributed by atoms with Gasteiger partial charge >= 0.3 is 6.18 Å². The minimum atomic E-state index is -4.49. The van der Waals surface area contributed by atoms with Crippen LogP contribution in [0.3, 0.4) is 0 Å². The van der Waals surface area contributed by atoms with Crippen LogP contribution in [0.15, 0.2) is 12.1 Å². The van der Waals surface area contributed by atoms with Crippen LogP contribution in [0.2, 0.25) is 0 Å². The summed E-state index contributed by atoms with van der Waals surface area (Å²) in [4.78, 5) is 5.35. The molecule has 0 aliphatic heterocycles. The van der Waals surface area contributed by atoms with Gasteiger partial charge in [-0.05, 0) is 26.0 Å². The molecule has 0 saturated heterocycles. The van der Waals surface area contributed by atoms with Crippen LogP contribution in [0.4, 0.5) is 24.8 Å². The van der Waals surface area contributed by atoms with Crippen molar-refractivity contribution in [1.29, 1.82) is 0 Å². The van der Waals surface area contributed by atoms with Crippen LogP contribution in [-0.4, -0.2) is 29.3 Å². The molecular formula is C11H17F3N4O. The number of halogens is 3. The maximum atomic E-state index is 12.7. The minimum Gasteiger partial charge on any atom is -0.389 e. The summed E-state index contributed by atoms with van der Waals surface area (Å²) in [7, 11) is 1.54. The topological polar surface area (TPSA) is 74.4 Å². The van der Waals surface area contributed by atoms with Crippen LogP contribution in [0.1, 0.15) is 19.4 Å². The Kier molecular flexibility index (Phi) is 4.26. The van der Waals surface area contributed by atoms with Crippen molar-refractivity contribution in [3.05, 3.63) is 17.7 Å². The van der Waals surface area contributed by atoms with Crippen LogP contribution in [-0.2, 0) is 6.18 Å². The Morgan fingerprint density at radius 2 is 1.95 bits per heavy atom. The van der Waals surface area contributed by atoms with Crippen molar-refractivity contribution in [1.82, 2.24) is 4.98 Å². The number of pyridine rings is 1. The minimum absolute atomic E-state index is 0.0740. The zero-order valence-electron chi connectivity index (χ0n) is 10.9. The Hall–Kier alpha value is -1.54. The number of nitrogens with one attached hydrogen (secondary N) is 1. The quantitative estimate of drug-likeness (QED) is 0.576. The summed E-state index contributed by atoms with van der Waals surface area (Å²) < 4.78 is 38.2. The molecule has 0 aliphatic rings. The molecule has 0 aliphatic carbocycles. The van der Waals surface area contributed by atoms with Gasteiger partial charge in [-0.3, -0.25) is 0 Å². The number of anilines is 2. The smallest absolute Gasteiger partial charge is 0.389 e. The third-order valence-corrected chi connectivity index (χ3v) is 2.30. The number of rotatable bonds is 4. The maximum absolute atomic E-state index is 12.7. The van der Waals surface area contributed by atoms with Gasteiger partial charge in [0.2, 0.25) is 0 Å². The van der Waals surface area contributed by atoms with Crippen LogP contribution in [0.25, 0.3) is 0 Å². The molecule has 0 amide bonds. The molecule has 1 aromatic rings. The predicted molar refractivity (Wildman–Crippen MR) is 66.6 cm³/mol. The number of hydrazine groups is 1. The second-order valence-electron chi connectivity index (χ2n) is 4.91. The zero-order chi connectivity index (χ0) is 14.8. The highest BCUT2D eigenvalue weighted by Gasteiger charge is 2.32. The third kappa shape index (κ3) is 4.56. The molecule has 0 bridgehead atoms. The number of nitrogens with zero attached hydrogens (tertiary/aromatic N) is 2. The fraction of sp³-hybridized carbons (Fsp3) is 0.545. The molecule has 0 spiro atoms. The van der Waals surface area contributed by atoms with Gasteiger partial charge in [0.05, 0.1) is 11.2 Å². The highest BCUT2D eigenvalue weighted by atomic mass is 19.4. The summed E-state index contributed by atoms with van der Waals surface area (Å²) in [6.07, 6.45) is -4.49. The molecule has 1 heterocycles. The van der Waals surface area contributed by atoms with E-state index in [0.717, 1.165) is 12.1 Å². The van der Waals surface area contributed by atoms with E-state index in [1.54, 1.807) is 20.9 Å². The molecule has 5 nitrogen and oxygen atoms in total. The predicted octanol–water partition coefficient (Wildman–Crippen LogP) is 1.59. The van der Waals surface area contributed by atoms with E-state index in [0.29, 0.717) is 0 Å². The van der Waals surface area contributed by atoms with Gasteiger partial charge in [-0.15, -0.1) is 0 Å². The molecule has 0 aromatic carbocycles. The van der Waals surface area contributed by atoms with Crippen molar-refractivity contribution in [3.8, 4) is 0 Å². The molecule has 0 radical (unpaired) electrons. The van der Waals surface area contributed by atoms with E-state index >= 15 is 0 Å². The highest BCUT2D eigenvalue weighted by Crippen LogP contribution is 2.32. The largest absolute Gasteiger partial charge is 0.416 e. The lowest BCUT2D eigenvalue weighted by molar-refractivity contribution is -0.137. The summed E-state index contributed by atoms with van der Waals surface area (Å²) in [6.45, 7) is 3.24. The van der Waals surface area contributed by atoms with Gasteiger partial charge in [-0.2, -0.15) is 13.2 Å². The third-order valence-electron chi connectivity index (χ3n) is 2.30. The number of alkyl halides is 3. The van der Waals surface area contributed by atoms with Crippen molar-refractivity contribution in [2.24, 2.45) is 5.84 Å². The summed E-state index contributed by atoms with van der Waals surface area (Å²) in [6, 6.07) is 1.73. The summed E-state index contributed by atoms with van der Waals surface area (Å²) in [5, 5.41) is 9.67. The molecular weight excluding hydrogens is 261 g/mol. The molecule has 1 rings (SSSR count). The fourth-order valence-electron chi connectivity index (χ4n) is 1.61. The summed E-state index contributed by atoms with van der Waals surface area (Å²) in [5.74, 6) is 5.09. The van der Waals surface area contributed by atoms with Crippen LogP contribution in [0, 0.1) is 0 Å². The second-order valence-corrected chi connectivity index (χ2v) is 4.91. The van der Waals surface area contributed by atoms with E-state index in [1.807, 2.05) is 0 Å². The molecule has 8 heteroatoms. The Morgan fingerprint density at radius 1 is 1.37 bits per heavy atom. The average Bonchev–Trinajstić information content (AvgIpc) is 2.25. The molecule has 108 valence electrons. The van der Waals surface area contributed by atoms with Gasteiger partial charge in [0.1, 0.15) is 11.6 Å². The molecule has 0 saturated carbocycles. The summed E-state index contributed by atoms with van der Waals surface area (Å²) in [5.41, 5.74) is 0.189. The number of aromatic nitrogens is 1. The lowest BCUT2D eigenvalue weighted by Crippen LogP contribution is -2.36. The molecule has 19 heavy (non-hydrogen) atoms. The van der Waals surface area contributed by atoms with E-state index in [-0.39, 0.29) is 18.2 Å². The highest BCUT2D eigenvalue weighted by molar-refractivity contribution is 5.50. The van der Waals surface area contributed by atoms with Crippen LogP contribution < -0.4 is 16.2 Å². The molecule has 1 aromatic heterocycles. The SMILES string of the molecule is CN(CC(C)(C)O)c1cc(C(F)(F)F)cc(NN)n1. The first-order valence-electron chi connectivity index (χ1n) is 5.52. The van der Waals surface area contributed by atoms with Crippen molar-refractivity contribution in [3.63, 3.8) is 0 Å². The molecule has 0 unspecified atom stereocenters. The number of hydrogen-bond donors (Lipinski definition) is 3. The monoisotopic (exact) mass is 278 g/mol. The average molecular weight is 278 g/mol. The van der Waals surface area contributed by atoms with Gasteiger partial charge in [-0.25, -0.2) is 10.8 Å². The maximum Gasteiger partial charge on any atom is 0.416 e. The normalized spacial score (nSPS) is 12.4. The number of nitrogens with two attached hydrogens (primary N) is 1. The first-order valence-corrected chi connectivity index (χ1v) is 5.52. The van der Waals surface area contributed by atoms with Gasteiger partial charge in [0.25, 0.3) is 0 Å². The Labute approximate surface area is 109 Å². The van der Waals surface area contributed by atoms with E-state index in [4.69, 9.17) is 5.84 Å². The lowest BCUT2D eigenvalue weighted by atomic mass is 10.1. The number of aliphatic hydroxyl groups is 1. The van der Waals surface area contributed by atoms with Gasteiger partial charge in [-0.1, -0.05) is 0 Å². The second kappa shape index (κ2) is 5.22. The summed E-state index contributed by atoms with van der Waals surface area (Å²) >= 11 is 0. The van der Waals surface area contributed by atoms with E-state index in [1.165, 1.54) is 4.90 Å². The molecule has 4 N–H and O–H groups in total. The van der Waals surface area contributed by atoms with Crippen molar-refractivity contribution >= 4 is 11.6 Å². The molecule has 0 fully saturated rings. The number of hydrogen-bond acceptors (Lipinski definition) is 5. The Balaban J connectivity index is 3.13. The van der Waals surface area contributed by atoms with Crippen LogP contribution >= 0.6 is 0 Å². The first-order chi connectivity index (χ1) is 8.53. The zero-order valence-corrected chi connectivity index (χ0v) is 10.9.